The molecule has 2 aromatic carbocycles. The average molecular weight is 491 g/mol. The third-order valence-corrected chi connectivity index (χ3v) is 6.56. The summed E-state index contributed by atoms with van der Waals surface area (Å²) in [6, 6.07) is 9.13. The van der Waals surface area contributed by atoms with Crippen LogP contribution in [0.25, 0.3) is 11.0 Å². The predicted molar refractivity (Wildman–Crippen MR) is 125 cm³/mol. The van der Waals surface area contributed by atoms with Crippen LogP contribution in [0.15, 0.2) is 36.4 Å². The van der Waals surface area contributed by atoms with Gasteiger partial charge in [0.25, 0.3) is 0 Å². The van der Waals surface area contributed by atoms with Crippen LogP contribution in [-0.2, 0) is 6.42 Å². The Morgan fingerprint density at radius 3 is 2.46 bits per heavy atom. The number of carboxylic acids is 1. The van der Waals surface area contributed by atoms with Crippen molar-refractivity contribution >= 4 is 17.0 Å². The molecule has 0 aliphatic heterocycles. The summed E-state index contributed by atoms with van der Waals surface area (Å²) in [6.45, 7) is 6.73. The molecule has 0 bridgehead atoms. The number of carboxylic acid groups (broad SMARTS) is 1. The molecule has 1 aromatic heterocycles. The standard InChI is InChI=1S/C26H29F3N2O4/c1-15-9-17(14-25(2,3)13-15)31-21-12-22(34-4)19(24(32)33)11-20(21)30-23(31)10-16-5-7-18(8-6-16)35-26(27,28)29/h5-8,11-12,15,17H,9-10,13-14H2,1-4H3,(H,32,33). The Kier molecular flexibility index (Phi) is 6.46. The zero-order valence-corrected chi connectivity index (χ0v) is 20.1. The van der Waals surface area contributed by atoms with Crippen LogP contribution in [0.3, 0.4) is 0 Å². The van der Waals surface area contributed by atoms with Gasteiger partial charge in [-0.05, 0) is 54.4 Å². The van der Waals surface area contributed by atoms with Crippen molar-refractivity contribution in [3.63, 3.8) is 0 Å². The van der Waals surface area contributed by atoms with Crippen molar-refractivity contribution in [2.75, 3.05) is 7.11 Å². The van der Waals surface area contributed by atoms with Gasteiger partial charge in [0.1, 0.15) is 22.9 Å². The van der Waals surface area contributed by atoms with Crippen molar-refractivity contribution in [3.05, 3.63) is 53.3 Å². The number of rotatable bonds is 6. The lowest BCUT2D eigenvalue weighted by atomic mass is 9.70. The minimum absolute atomic E-state index is 0.0298. The molecule has 1 N–H and O–H groups in total. The first kappa shape index (κ1) is 24.9. The van der Waals surface area contributed by atoms with Gasteiger partial charge in [-0.15, -0.1) is 13.2 Å². The molecule has 0 amide bonds. The molecule has 1 aliphatic rings. The summed E-state index contributed by atoms with van der Waals surface area (Å²) >= 11 is 0. The Labute approximate surface area is 201 Å². The number of imidazole rings is 1. The second-order valence-electron chi connectivity index (χ2n) is 10.2. The van der Waals surface area contributed by atoms with E-state index in [0.717, 1.165) is 36.2 Å². The van der Waals surface area contributed by atoms with E-state index in [9.17, 15) is 23.1 Å². The fourth-order valence-electron chi connectivity index (χ4n) is 5.52. The van der Waals surface area contributed by atoms with Crippen LogP contribution >= 0.6 is 0 Å². The lowest BCUT2D eigenvalue weighted by molar-refractivity contribution is -0.274. The highest BCUT2D eigenvalue weighted by Crippen LogP contribution is 2.45. The molecule has 0 spiro atoms. The fourth-order valence-corrected chi connectivity index (χ4v) is 5.52. The molecular formula is C26H29F3N2O4. The molecule has 6 nitrogen and oxygen atoms in total. The summed E-state index contributed by atoms with van der Waals surface area (Å²) < 4.78 is 49.1. The Morgan fingerprint density at radius 2 is 1.89 bits per heavy atom. The first-order valence-corrected chi connectivity index (χ1v) is 11.5. The highest BCUT2D eigenvalue weighted by atomic mass is 19.4. The van der Waals surface area contributed by atoms with E-state index in [1.807, 2.05) is 0 Å². The number of aromatic nitrogens is 2. The summed E-state index contributed by atoms with van der Waals surface area (Å²) in [6.07, 6.45) is -1.39. The zero-order valence-electron chi connectivity index (χ0n) is 20.1. The SMILES string of the molecule is COc1cc2c(cc1C(=O)O)nc(Cc1ccc(OC(F)(F)F)cc1)n2C1CC(C)CC(C)(C)C1. The second kappa shape index (κ2) is 9.09. The van der Waals surface area contributed by atoms with E-state index in [1.165, 1.54) is 25.3 Å². The maximum absolute atomic E-state index is 12.5. The molecule has 0 saturated heterocycles. The van der Waals surface area contributed by atoms with E-state index in [2.05, 4.69) is 30.1 Å². The minimum atomic E-state index is -4.75. The number of benzene rings is 2. The molecule has 2 atom stereocenters. The molecule has 1 saturated carbocycles. The maximum atomic E-state index is 12.5. The summed E-state index contributed by atoms with van der Waals surface area (Å²) in [7, 11) is 1.44. The van der Waals surface area contributed by atoms with Crippen LogP contribution in [0.2, 0.25) is 0 Å². The largest absolute Gasteiger partial charge is 0.573 e. The van der Waals surface area contributed by atoms with Crippen molar-refractivity contribution in [1.29, 1.82) is 0 Å². The predicted octanol–water partition coefficient (Wildman–Crippen LogP) is 6.62. The number of methoxy groups -OCH3 is 1. The Balaban J connectivity index is 1.79. The minimum Gasteiger partial charge on any atom is -0.496 e. The van der Waals surface area contributed by atoms with E-state index in [0.29, 0.717) is 17.9 Å². The average Bonchev–Trinajstić information content (AvgIpc) is 3.08. The van der Waals surface area contributed by atoms with Crippen molar-refractivity contribution in [2.45, 2.75) is 58.9 Å². The number of hydrogen-bond acceptors (Lipinski definition) is 4. The number of ether oxygens (including phenoxy) is 2. The highest BCUT2D eigenvalue weighted by Gasteiger charge is 2.35. The number of nitrogens with zero attached hydrogens (tertiary/aromatic N) is 2. The summed E-state index contributed by atoms with van der Waals surface area (Å²) in [4.78, 5) is 16.6. The number of hydrogen-bond donors (Lipinski definition) is 1. The first-order valence-electron chi connectivity index (χ1n) is 11.5. The third kappa shape index (κ3) is 5.55. The number of carbonyl (C=O) groups is 1. The molecule has 4 rings (SSSR count). The quantitative estimate of drug-likeness (QED) is 0.420. The molecule has 3 aromatic rings. The number of fused-ring (bicyclic) bond motifs is 1. The van der Waals surface area contributed by atoms with Crippen molar-refractivity contribution < 1.29 is 32.5 Å². The van der Waals surface area contributed by atoms with Gasteiger partial charge >= 0.3 is 12.3 Å². The highest BCUT2D eigenvalue weighted by molar-refractivity contribution is 5.96. The Bertz CT molecular complexity index is 1230. The van der Waals surface area contributed by atoms with Gasteiger partial charge in [0.15, 0.2) is 0 Å². The van der Waals surface area contributed by atoms with Gasteiger partial charge in [0.05, 0.1) is 18.1 Å². The van der Waals surface area contributed by atoms with Crippen LogP contribution in [-0.4, -0.2) is 34.1 Å². The lowest BCUT2D eigenvalue weighted by Crippen LogP contribution is -2.30. The van der Waals surface area contributed by atoms with E-state index < -0.39 is 12.3 Å². The van der Waals surface area contributed by atoms with E-state index in [4.69, 9.17) is 9.72 Å². The van der Waals surface area contributed by atoms with Crippen LogP contribution in [0.4, 0.5) is 13.2 Å². The van der Waals surface area contributed by atoms with Gasteiger partial charge < -0.3 is 19.1 Å². The number of aromatic carboxylic acids is 1. The summed E-state index contributed by atoms with van der Waals surface area (Å²) in [5.41, 5.74) is 2.25. The van der Waals surface area contributed by atoms with Crippen molar-refractivity contribution in [1.82, 2.24) is 9.55 Å². The normalized spacial score (nSPS) is 20.1. The third-order valence-electron chi connectivity index (χ3n) is 6.56. The zero-order chi connectivity index (χ0) is 25.5. The molecule has 188 valence electrons. The van der Waals surface area contributed by atoms with Crippen molar-refractivity contribution in [3.8, 4) is 11.5 Å². The molecule has 35 heavy (non-hydrogen) atoms. The van der Waals surface area contributed by atoms with Gasteiger partial charge in [-0.1, -0.05) is 32.9 Å². The van der Waals surface area contributed by atoms with E-state index in [1.54, 1.807) is 18.2 Å². The van der Waals surface area contributed by atoms with Gasteiger partial charge in [-0.3, -0.25) is 0 Å². The molecule has 9 heteroatoms. The molecule has 2 unspecified atom stereocenters. The van der Waals surface area contributed by atoms with Crippen molar-refractivity contribution in [2.24, 2.45) is 11.3 Å². The first-order chi connectivity index (χ1) is 16.3. The van der Waals surface area contributed by atoms with E-state index >= 15 is 0 Å². The monoisotopic (exact) mass is 490 g/mol. The molecule has 1 heterocycles. The van der Waals surface area contributed by atoms with Crippen LogP contribution in [0, 0.1) is 11.3 Å². The van der Waals surface area contributed by atoms with Crippen LogP contribution in [0.1, 0.15) is 67.8 Å². The number of halogens is 3. The Hall–Kier alpha value is -3.23. The maximum Gasteiger partial charge on any atom is 0.573 e. The summed E-state index contributed by atoms with van der Waals surface area (Å²) in [5, 5.41) is 9.62. The van der Waals surface area contributed by atoms with Gasteiger partial charge in [0, 0.05) is 18.5 Å². The van der Waals surface area contributed by atoms with Crippen LogP contribution < -0.4 is 9.47 Å². The topological polar surface area (TPSA) is 73.6 Å². The lowest BCUT2D eigenvalue weighted by Gasteiger charge is -2.40. The molecule has 0 radical (unpaired) electrons. The molecular weight excluding hydrogens is 461 g/mol. The Morgan fingerprint density at radius 1 is 1.20 bits per heavy atom. The van der Waals surface area contributed by atoms with E-state index in [-0.39, 0.29) is 28.5 Å². The van der Waals surface area contributed by atoms with Gasteiger partial charge in [-0.2, -0.15) is 0 Å². The molecule has 1 fully saturated rings. The second-order valence-corrected chi connectivity index (χ2v) is 10.2. The van der Waals surface area contributed by atoms with Gasteiger partial charge in [-0.25, -0.2) is 9.78 Å². The molecule has 1 aliphatic carbocycles. The smallest absolute Gasteiger partial charge is 0.496 e. The summed E-state index contributed by atoms with van der Waals surface area (Å²) in [5.74, 6) is 0.0902. The van der Waals surface area contributed by atoms with Gasteiger partial charge in [0.2, 0.25) is 0 Å². The fraction of sp³-hybridized carbons (Fsp3) is 0.462. The van der Waals surface area contributed by atoms with Crippen LogP contribution in [0.5, 0.6) is 11.5 Å². The number of alkyl halides is 3.